The maximum Gasteiger partial charge on any atom is 0.307 e. The van der Waals surface area contributed by atoms with Crippen LogP contribution < -0.4 is 4.74 Å². The second-order valence-corrected chi connectivity index (χ2v) is 4.99. The van der Waals surface area contributed by atoms with Gasteiger partial charge in [-0.2, -0.15) is 0 Å². The van der Waals surface area contributed by atoms with Crippen LogP contribution in [-0.2, 0) is 11.2 Å². The van der Waals surface area contributed by atoms with E-state index >= 15 is 0 Å². The number of aliphatic carboxylic acids is 1. The van der Waals surface area contributed by atoms with Gasteiger partial charge in [-0.1, -0.05) is 37.5 Å². The van der Waals surface area contributed by atoms with Gasteiger partial charge in [-0.3, -0.25) is 4.79 Å². The lowest BCUT2D eigenvalue weighted by molar-refractivity contribution is -0.136. The van der Waals surface area contributed by atoms with Gasteiger partial charge in [-0.15, -0.1) is 0 Å². The third kappa shape index (κ3) is 3.76. The Bertz CT molecular complexity index is 394. The number of hydrogen-bond acceptors (Lipinski definition) is 2. The second-order valence-electron chi connectivity index (χ2n) is 4.99. The van der Waals surface area contributed by atoms with E-state index in [2.05, 4.69) is 0 Å². The fourth-order valence-corrected chi connectivity index (χ4v) is 2.52. The summed E-state index contributed by atoms with van der Waals surface area (Å²) in [6.45, 7) is 0.719. The molecule has 3 nitrogen and oxygen atoms in total. The number of ether oxygens (including phenoxy) is 1. The molecule has 1 aromatic carbocycles. The van der Waals surface area contributed by atoms with Gasteiger partial charge in [0.2, 0.25) is 0 Å². The van der Waals surface area contributed by atoms with Crippen LogP contribution in [0.15, 0.2) is 24.3 Å². The monoisotopic (exact) mass is 248 g/mol. The Hall–Kier alpha value is -1.51. The highest BCUT2D eigenvalue weighted by molar-refractivity contribution is 5.71. The van der Waals surface area contributed by atoms with Crippen LogP contribution in [0.3, 0.4) is 0 Å². The van der Waals surface area contributed by atoms with Crippen LogP contribution in [0.2, 0.25) is 0 Å². The molecule has 18 heavy (non-hydrogen) atoms. The normalized spacial score (nSPS) is 16.4. The minimum atomic E-state index is -0.816. The molecule has 1 saturated carbocycles. The van der Waals surface area contributed by atoms with Gasteiger partial charge in [0, 0.05) is 5.56 Å². The molecule has 1 N–H and O–H groups in total. The predicted octanol–water partition coefficient (Wildman–Crippen LogP) is 3.27. The van der Waals surface area contributed by atoms with Crippen LogP contribution in [-0.4, -0.2) is 17.7 Å². The van der Waals surface area contributed by atoms with E-state index in [4.69, 9.17) is 9.84 Å². The predicted molar refractivity (Wildman–Crippen MR) is 69.9 cm³/mol. The first-order valence-corrected chi connectivity index (χ1v) is 6.68. The minimum absolute atomic E-state index is 0.0286. The van der Waals surface area contributed by atoms with Crippen LogP contribution in [0.5, 0.6) is 5.75 Å². The average Bonchev–Trinajstić information content (AvgIpc) is 2.38. The van der Waals surface area contributed by atoms with Gasteiger partial charge in [-0.25, -0.2) is 0 Å². The van der Waals surface area contributed by atoms with Crippen LogP contribution in [0, 0.1) is 5.92 Å². The zero-order valence-electron chi connectivity index (χ0n) is 10.6. The highest BCUT2D eigenvalue weighted by Crippen LogP contribution is 2.26. The highest BCUT2D eigenvalue weighted by atomic mass is 16.5. The third-order valence-electron chi connectivity index (χ3n) is 3.51. The molecule has 0 amide bonds. The SMILES string of the molecule is O=C(O)Cc1ccccc1OCC1CCCCC1. The van der Waals surface area contributed by atoms with E-state index in [1.54, 1.807) is 0 Å². The summed E-state index contributed by atoms with van der Waals surface area (Å²) < 4.78 is 5.81. The van der Waals surface area contributed by atoms with Gasteiger partial charge in [0.05, 0.1) is 13.0 Å². The van der Waals surface area contributed by atoms with Crippen molar-refractivity contribution in [2.45, 2.75) is 38.5 Å². The number of benzene rings is 1. The Morgan fingerprint density at radius 1 is 1.22 bits per heavy atom. The summed E-state index contributed by atoms with van der Waals surface area (Å²) in [7, 11) is 0. The van der Waals surface area contributed by atoms with Gasteiger partial charge in [-0.05, 0) is 24.8 Å². The first-order valence-electron chi connectivity index (χ1n) is 6.68. The summed E-state index contributed by atoms with van der Waals surface area (Å²) in [6.07, 6.45) is 6.44. The van der Waals surface area contributed by atoms with Crippen molar-refractivity contribution in [2.75, 3.05) is 6.61 Å². The minimum Gasteiger partial charge on any atom is -0.493 e. The Morgan fingerprint density at radius 2 is 1.94 bits per heavy atom. The second kappa shape index (κ2) is 6.43. The summed E-state index contributed by atoms with van der Waals surface area (Å²) >= 11 is 0. The average molecular weight is 248 g/mol. The standard InChI is InChI=1S/C15H20O3/c16-15(17)10-13-8-4-5-9-14(13)18-11-12-6-2-1-3-7-12/h4-5,8-9,12H,1-3,6-7,10-11H2,(H,16,17). The Balaban J connectivity index is 1.93. The largest absolute Gasteiger partial charge is 0.493 e. The van der Waals surface area contributed by atoms with Crippen molar-refractivity contribution in [1.82, 2.24) is 0 Å². The lowest BCUT2D eigenvalue weighted by Crippen LogP contribution is -2.16. The Kier molecular flexibility index (Phi) is 4.62. The zero-order valence-corrected chi connectivity index (χ0v) is 10.6. The van der Waals surface area contributed by atoms with Crippen LogP contribution in [0.25, 0.3) is 0 Å². The van der Waals surface area contributed by atoms with Crippen molar-refractivity contribution in [2.24, 2.45) is 5.92 Å². The van der Waals surface area contributed by atoms with Crippen molar-refractivity contribution in [3.63, 3.8) is 0 Å². The number of rotatable bonds is 5. The molecule has 98 valence electrons. The van der Waals surface area contributed by atoms with Crippen molar-refractivity contribution in [3.8, 4) is 5.75 Å². The van der Waals surface area contributed by atoms with Crippen LogP contribution in [0.1, 0.15) is 37.7 Å². The molecular formula is C15H20O3. The van der Waals surface area contributed by atoms with E-state index < -0.39 is 5.97 Å². The Labute approximate surface area is 108 Å². The fourth-order valence-electron chi connectivity index (χ4n) is 2.52. The molecule has 0 radical (unpaired) electrons. The summed E-state index contributed by atoms with van der Waals surface area (Å²) in [6, 6.07) is 7.43. The molecular weight excluding hydrogens is 228 g/mol. The van der Waals surface area contributed by atoms with Gasteiger partial charge < -0.3 is 9.84 Å². The number of hydrogen-bond donors (Lipinski definition) is 1. The quantitative estimate of drug-likeness (QED) is 0.869. The van der Waals surface area contributed by atoms with E-state index in [0.29, 0.717) is 5.92 Å². The molecule has 1 aliphatic rings. The molecule has 0 unspecified atom stereocenters. The maximum atomic E-state index is 10.8. The van der Waals surface area contributed by atoms with E-state index in [9.17, 15) is 4.79 Å². The lowest BCUT2D eigenvalue weighted by Gasteiger charge is -2.22. The molecule has 0 spiro atoms. The number of carboxylic acids is 1. The van der Waals surface area contributed by atoms with Gasteiger partial charge in [0.1, 0.15) is 5.75 Å². The molecule has 1 aromatic rings. The molecule has 0 bridgehead atoms. The summed E-state index contributed by atoms with van der Waals surface area (Å²) in [4.78, 5) is 10.8. The van der Waals surface area contributed by atoms with Crippen LogP contribution >= 0.6 is 0 Å². The van der Waals surface area contributed by atoms with Crippen LogP contribution in [0.4, 0.5) is 0 Å². The van der Waals surface area contributed by atoms with Crippen molar-refractivity contribution < 1.29 is 14.6 Å². The highest BCUT2D eigenvalue weighted by Gasteiger charge is 2.15. The van der Waals surface area contributed by atoms with Gasteiger partial charge >= 0.3 is 5.97 Å². The molecule has 0 heterocycles. The smallest absolute Gasteiger partial charge is 0.307 e. The molecule has 3 heteroatoms. The van der Waals surface area contributed by atoms with Gasteiger partial charge in [0.15, 0.2) is 0 Å². The van der Waals surface area contributed by atoms with E-state index in [0.717, 1.165) is 17.9 Å². The van der Waals surface area contributed by atoms with E-state index in [-0.39, 0.29) is 6.42 Å². The maximum absolute atomic E-state index is 10.8. The summed E-state index contributed by atoms with van der Waals surface area (Å²) in [5, 5.41) is 8.85. The molecule has 1 fully saturated rings. The topological polar surface area (TPSA) is 46.5 Å². The fraction of sp³-hybridized carbons (Fsp3) is 0.533. The molecule has 1 aliphatic carbocycles. The molecule has 0 aromatic heterocycles. The van der Waals surface area contributed by atoms with Crippen molar-refractivity contribution >= 4 is 5.97 Å². The summed E-state index contributed by atoms with van der Waals surface area (Å²) in [5.74, 6) is 0.547. The molecule has 2 rings (SSSR count). The molecule has 0 aliphatic heterocycles. The lowest BCUT2D eigenvalue weighted by atomic mass is 9.90. The van der Waals surface area contributed by atoms with Crippen molar-refractivity contribution in [1.29, 1.82) is 0 Å². The summed E-state index contributed by atoms with van der Waals surface area (Å²) in [5.41, 5.74) is 0.765. The molecule has 0 atom stereocenters. The van der Waals surface area contributed by atoms with Crippen molar-refractivity contribution in [3.05, 3.63) is 29.8 Å². The first-order chi connectivity index (χ1) is 8.75. The first kappa shape index (κ1) is 12.9. The number of carbonyl (C=O) groups is 1. The molecule has 0 saturated heterocycles. The Morgan fingerprint density at radius 3 is 2.67 bits per heavy atom. The third-order valence-corrected chi connectivity index (χ3v) is 3.51. The van der Waals surface area contributed by atoms with E-state index in [1.807, 2.05) is 24.3 Å². The zero-order chi connectivity index (χ0) is 12.8. The van der Waals surface area contributed by atoms with E-state index in [1.165, 1.54) is 32.1 Å². The number of para-hydroxylation sites is 1. The van der Waals surface area contributed by atoms with Gasteiger partial charge in [0.25, 0.3) is 0 Å². The number of carboxylic acid groups (broad SMARTS) is 1.